The Morgan fingerprint density at radius 3 is 2.83 bits per heavy atom. The first-order valence-electron chi connectivity index (χ1n) is 5.16. The van der Waals surface area contributed by atoms with Gasteiger partial charge in [0.05, 0.1) is 19.2 Å². The van der Waals surface area contributed by atoms with E-state index in [-0.39, 0.29) is 10.4 Å². The number of thiazole rings is 1. The Balaban J connectivity index is 2.41. The molecule has 1 heterocycles. The van der Waals surface area contributed by atoms with E-state index in [9.17, 15) is 9.59 Å². The Hall–Kier alpha value is -2.08. The lowest BCUT2D eigenvalue weighted by atomic mass is 10.1. The maximum absolute atomic E-state index is 11.5. The van der Waals surface area contributed by atoms with Crippen molar-refractivity contribution in [1.82, 2.24) is 4.57 Å². The van der Waals surface area contributed by atoms with Crippen LogP contribution in [0.5, 0.6) is 5.75 Å². The molecule has 0 spiro atoms. The third-order valence-corrected chi connectivity index (χ3v) is 3.21. The number of aromatic nitrogens is 1. The first-order valence-corrected chi connectivity index (χ1v) is 6.04. The first-order chi connectivity index (χ1) is 8.61. The fourth-order valence-corrected chi connectivity index (χ4v) is 2.21. The Labute approximate surface area is 107 Å². The third kappa shape index (κ3) is 2.43. The Bertz CT molecular complexity index is 629. The minimum atomic E-state index is -1.00. The highest BCUT2D eigenvalue weighted by molar-refractivity contribution is 7.07. The molecule has 0 saturated heterocycles. The van der Waals surface area contributed by atoms with Gasteiger partial charge in [0, 0.05) is 17.1 Å². The third-order valence-electron chi connectivity index (χ3n) is 2.51. The molecule has 0 fully saturated rings. The minimum absolute atomic E-state index is 0.0854. The predicted octanol–water partition coefficient (Wildman–Crippen LogP) is 1.66. The van der Waals surface area contributed by atoms with Crippen molar-refractivity contribution in [3.63, 3.8) is 0 Å². The summed E-state index contributed by atoms with van der Waals surface area (Å²) in [5.74, 6) is -0.435. The summed E-state index contributed by atoms with van der Waals surface area (Å²) in [6.45, 7) is 0.298. The van der Waals surface area contributed by atoms with Gasteiger partial charge in [0.2, 0.25) is 0 Å². The van der Waals surface area contributed by atoms with Crippen molar-refractivity contribution in [3.05, 3.63) is 50.6 Å². The van der Waals surface area contributed by atoms with Gasteiger partial charge in [0.25, 0.3) is 0 Å². The van der Waals surface area contributed by atoms with Crippen molar-refractivity contribution >= 4 is 17.3 Å². The second-order valence-corrected chi connectivity index (χ2v) is 4.49. The Morgan fingerprint density at radius 1 is 1.50 bits per heavy atom. The normalized spacial score (nSPS) is 10.3. The molecule has 0 unspecified atom stereocenters. The van der Waals surface area contributed by atoms with Crippen LogP contribution in [0, 0.1) is 0 Å². The molecule has 1 N–H and O–H groups in total. The summed E-state index contributed by atoms with van der Waals surface area (Å²) in [5, 5.41) is 10.6. The van der Waals surface area contributed by atoms with Gasteiger partial charge in [-0.15, -0.1) is 0 Å². The lowest BCUT2D eigenvalue weighted by Gasteiger charge is -2.09. The van der Waals surface area contributed by atoms with Crippen molar-refractivity contribution in [1.29, 1.82) is 0 Å². The molecule has 94 valence electrons. The highest BCUT2D eigenvalue weighted by Gasteiger charge is 2.10. The van der Waals surface area contributed by atoms with Gasteiger partial charge in [-0.25, -0.2) is 4.79 Å². The molecule has 1 aromatic heterocycles. The average Bonchev–Trinajstić information content (AvgIpc) is 2.75. The van der Waals surface area contributed by atoms with Gasteiger partial charge in [0.1, 0.15) is 5.75 Å². The van der Waals surface area contributed by atoms with Crippen molar-refractivity contribution < 1.29 is 14.6 Å². The van der Waals surface area contributed by atoms with Gasteiger partial charge in [-0.05, 0) is 18.2 Å². The van der Waals surface area contributed by atoms with Crippen LogP contribution in [-0.4, -0.2) is 22.8 Å². The van der Waals surface area contributed by atoms with Gasteiger partial charge < -0.3 is 14.4 Å². The maximum atomic E-state index is 11.5. The number of carboxylic acids is 1. The van der Waals surface area contributed by atoms with Crippen LogP contribution >= 0.6 is 11.3 Å². The smallest absolute Gasteiger partial charge is 0.335 e. The van der Waals surface area contributed by atoms with Gasteiger partial charge in [0.15, 0.2) is 0 Å². The molecular formula is C12H11NO4S. The van der Waals surface area contributed by atoms with E-state index >= 15 is 0 Å². The van der Waals surface area contributed by atoms with Crippen molar-refractivity contribution in [3.8, 4) is 5.75 Å². The van der Waals surface area contributed by atoms with Crippen molar-refractivity contribution in [2.45, 2.75) is 6.54 Å². The van der Waals surface area contributed by atoms with E-state index < -0.39 is 5.97 Å². The summed E-state index contributed by atoms with van der Waals surface area (Å²) in [7, 11) is 1.51. The van der Waals surface area contributed by atoms with Crippen LogP contribution in [-0.2, 0) is 6.54 Å². The van der Waals surface area contributed by atoms with E-state index in [1.54, 1.807) is 17.6 Å². The SMILES string of the molecule is COc1ccc(C(=O)O)cc1Cn1ccsc1=O. The predicted molar refractivity (Wildman–Crippen MR) is 67.6 cm³/mol. The maximum Gasteiger partial charge on any atom is 0.335 e. The Morgan fingerprint density at radius 2 is 2.28 bits per heavy atom. The summed E-state index contributed by atoms with van der Waals surface area (Å²) >= 11 is 1.10. The van der Waals surface area contributed by atoms with Crippen LogP contribution in [0.15, 0.2) is 34.6 Å². The summed E-state index contributed by atoms with van der Waals surface area (Å²) in [4.78, 5) is 22.3. The molecule has 18 heavy (non-hydrogen) atoms. The number of hydrogen-bond acceptors (Lipinski definition) is 4. The summed E-state index contributed by atoms with van der Waals surface area (Å²) in [6, 6.07) is 4.59. The lowest BCUT2D eigenvalue weighted by Crippen LogP contribution is -2.13. The van der Waals surface area contributed by atoms with Crippen LogP contribution in [0.2, 0.25) is 0 Å². The number of methoxy groups -OCH3 is 1. The number of benzene rings is 1. The molecule has 0 saturated carbocycles. The number of ether oxygens (including phenoxy) is 1. The van der Waals surface area contributed by atoms with Crippen LogP contribution < -0.4 is 9.61 Å². The molecule has 1 aromatic carbocycles. The topological polar surface area (TPSA) is 68.5 Å². The van der Waals surface area contributed by atoms with E-state index in [2.05, 4.69) is 0 Å². The fraction of sp³-hybridized carbons (Fsp3) is 0.167. The molecule has 2 rings (SSSR count). The van der Waals surface area contributed by atoms with Crippen LogP contribution in [0.4, 0.5) is 0 Å². The Kier molecular flexibility index (Phi) is 3.47. The molecule has 0 amide bonds. The molecule has 2 aromatic rings. The molecule has 0 atom stereocenters. The quantitative estimate of drug-likeness (QED) is 0.913. The van der Waals surface area contributed by atoms with Crippen LogP contribution in [0.1, 0.15) is 15.9 Å². The molecule has 0 aliphatic heterocycles. The molecular weight excluding hydrogens is 254 g/mol. The van der Waals surface area contributed by atoms with Gasteiger partial charge >= 0.3 is 10.8 Å². The van der Waals surface area contributed by atoms with Crippen molar-refractivity contribution in [2.24, 2.45) is 0 Å². The molecule has 0 radical (unpaired) electrons. The fourth-order valence-electron chi connectivity index (χ4n) is 1.63. The lowest BCUT2D eigenvalue weighted by molar-refractivity contribution is 0.0696. The first kappa shape index (κ1) is 12.4. The number of carboxylic acid groups (broad SMARTS) is 1. The van der Waals surface area contributed by atoms with Gasteiger partial charge in [-0.3, -0.25) is 4.79 Å². The van der Waals surface area contributed by atoms with Gasteiger partial charge in [-0.2, -0.15) is 0 Å². The van der Waals surface area contributed by atoms with E-state index in [1.807, 2.05) is 0 Å². The highest BCUT2D eigenvalue weighted by Crippen LogP contribution is 2.20. The molecule has 0 bridgehead atoms. The average molecular weight is 265 g/mol. The monoisotopic (exact) mass is 265 g/mol. The van der Waals surface area contributed by atoms with E-state index in [1.165, 1.54) is 23.8 Å². The number of hydrogen-bond donors (Lipinski definition) is 1. The zero-order valence-electron chi connectivity index (χ0n) is 9.62. The molecule has 6 heteroatoms. The zero-order valence-corrected chi connectivity index (χ0v) is 10.4. The molecule has 5 nitrogen and oxygen atoms in total. The second-order valence-electron chi connectivity index (χ2n) is 3.63. The zero-order chi connectivity index (χ0) is 13.1. The molecule has 0 aliphatic carbocycles. The number of aromatic carboxylic acids is 1. The van der Waals surface area contributed by atoms with E-state index in [0.717, 1.165) is 11.3 Å². The second kappa shape index (κ2) is 5.05. The van der Waals surface area contributed by atoms with E-state index in [4.69, 9.17) is 9.84 Å². The standard InChI is InChI=1S/C12H11NO4S/c1-17-10-3-2-8(11(14)15)6-9(10)7-13-4-5-18-12(13)16/h2-6H,7H2,1H3,(H,14,15). The van der Waals surface area contributed by atoms with Gasteiger partial charge in [-0.1, -0.05) is 11.3 Å². The molecule has 0 aliphatic rings. The summed E-state index contributed by atoms with van der Waals surface area (Å²) in [6.07, 6.45) is 1.67. The van der Waals surface area contributed by atoms with Crippen LogP contribution in [0.25, 0.3) is 0 Å². The number of carbonyl (C=O) groups is 1. The van der Waals surface area contributed by atoms with E-state index in [0.29, 0.717) is 17.9 Å². The summed E-state index contributed by atoms with van der Waals surface area (Å²) in [5.41, 5.74) is 0.840. The van der Waals surface area contributed by atoms with Crippen molar-refractivity contribution in [2.75, 3.05) is 7.11 Å². The summed E-state index contributed by atoms with van der Waals surface area (Å²) < 4.78 is 6.67. The number of nitrogens with zero attached hydrogens (tertiary/aromatic N) is 1. The minimum Gasteiger partial charge on any atom is -0.496 e. The largest absolute Gasteiger partial charge is 0.496 e. The van der Waals surface area contributed by atoms with Crippen LogP contribution in [0.3, 0.4) is 0 Å². The number of rotatable bonds is 4. The highest BCUT2D eigenvalue weighted by atomic mass is 32.1.